The molecule has 4 rings (SSSR count). The molecule has 0 saturated carbocycles. The molecule has 0 unspecified atom stereocenters. The van der Waals surface area contributed by atoms with Crippen molar-refractivity contribution in [1.82, 2.24) is 19.7 Å². The number of para-hydroxylation sites is 1. The molecule has 2 aromatic carbocycles. The van der Waals surface area contributed by atoms with Crippen LogP contribution in [0.25, 0.3) is 10.9 Å². The first-order valence-corrected chi connectivity index (χ1v) is 12.2. The Bertz CT molecular complexity index is 1190. The third kappa shape index (κ3) is 4.11. The van der Waals surface area contributed by atoms with Gasteiger partial charge in [-0.15, -0.1) is 0 Å². The van der Waals surface area contributed by atoms with Gasteiger partial charge in [0.1, 0.15) is 5.82 Å². The maximum atomic E-state index is 4.68. The van der Waals surface area contributed by atoms with Gasteiger partial charge < -0.3 is 10.6 Å². The summed E-state index contributed by atoms with van der Waals surface area (Å²) in [5.41, 5.74) is 4.07. The molecule has 8 heteroatoms. The molecule has 0 saturated heterocycles. The number of halogens is 1. The van der Waals surface area contributed by atoms with Crippen LogP contribution in [0.5, 0.6) is 0 Å². The highest BCUT2D eigenvalue weighted by Crippen LogP contribution is 2.31. The van der Waals surface area contributed by atoms with Gasteiger partial charge in [-0.25, -0.2) is 4.98 Å². The Balaban J connectivity index is 1.63. The number of nitrogens with zero attached hydrogens (tertiary/aromatic N) is 4. The standard InChI is InChI=1S/C21H22BrN6P/c1-13-15-10-9-14(11-18(15)28(2)27-13)24-21-23-12-16(22)20(26-21)25-17-7-5-6-8-19(17)29(3)4/h5-12H,1-4H3,(H2,23,24,25,26). The summed E-state index contributed by atoms with van der Waals surface area (Å²) in [5.74, 6) is 1.26. The minimum Gasteiger partial charge on any atom is -0.339 e. The summed E-state index contributed by atoms with van der Waals surface area (Å²) in [4.78, 5) is 9.09. The van der Waals surface area contributed by atoms with Crippen molar-refractivity contribution in [3.63, 3.8) is 0 Å². The van der Waals surface area contributed by atoms with E-state index >= 15 is 0 Å². The molecule has 148 valence electrons. The van der Waals surface area contributed by atoms with Crippen LogP contribution < -0.4 is 15.9 Å². The first-order valence-electron chi connectivity index (χ1n) is 9.18. The molecule has 0 bridgehead atoms. The quantitative estimate of drug-likeness (QED) is 0.389. The summed E-state index contributed by atoms with van der Waals surface area (Å²) in [6.07, 6.45) is 1.76. The normalized spacial score (nSPS) is 11.2. The zero-order chi connectivity index (χ0) is 20.5. The first kappa shape index (κ1) is 19.8. The van der Waals surface area contributed by atoms with Crippen LogP contribution in [0.3, 0.4) is 0 Å². The number of aromatic nitrogens is 4. The van der Waals surface area contributed by atoms with E-state index in [4.69, 9.17) is 0 Å². The van der Waals surface area contributed by atoms with Crippen LogP contribution in [0.2, 0.25) is 0 Å². The van der Waals surface area contributed by atoms with Gasteiger partial charge in [0, 0.05) is 30.0 Å². The third-order valence-electron chi connectivity index (χ3n) is 4.68. The summed E-state index contributed by atoms with van der Waals surface area (Å²) < 4.78 is 2.70. The van der Waals surface area contributed by atoms with Crippen molar-refractivity contribution < 1.29 is 0 Å². The average molecular weight is 469 g/mol. The SMILES string of the molecule is Cc1nn(C)c2cc(Nc3ncc(Br)c(Nc4ccccc4P(C)C)n3)ccc12. The van der Waals surface area contributed by atoms with Crippen LogP contribution in [0, 0.1) is 6.92 Å². The second-order valence-electron chi connectivity index (χ2n) is 6.99. The van der Waals surface area contributed by atoms with Crippen LogP contribution in [0.4, 0.5) is 23.1 Å². The van der Waals surface area contributed by atoms with Crippen molar-refractivity contribution in [1.29, 1.82) is 0 Å². The van der Waals surface area contributed by atoms with E-state index in [1.165, 1.54) is 5.30 Å². The summed E-state index contributed by atoms with van der Waals surface area (Å²) in [6.45, 7) is 6.50. The van der Waals surface area contributed by atoms with E-state index in [0.29, 0.717) is 5.95 Å². The number of benzene rings is 2. The summed E-state index contributed by atoms with van der Waals surface area (Å²) >= 11 is 3.56. The fourth-order valence-electron chi connectivity index (χ4n) is 3.26. The highest BCUT2D eigenvalue weighted by atomic mass is 79.9. The van der Waals surface area contributed by atoms with Crippen molar-refractivity contribution in [3.05, 3.63) is 58.8 Å². The van der Waals surface area contributed by atoms with E-state index in [1.807, 2.05) is 30.8 Å². The molecule has 0 atom stereocenters. The third-order valence-corrected chi connectivity index (χ3v) is 6.61. The molecule has 0 aliphatic carbocycles. The lowest BCUT2D eigenvalue weighted by atomic mass is 10.2. The molecule has 0 spiro atoms. The number of hydrogen-bond donors (Lipinski definition) is 2. The van der Waals surface area contributed by atoms with Crippen LogP contribution in [-0.4, -0.2) is 33.1 Å². The Morgan fingerprint density at radius 2 is 1.86 bits per heavy atom. The first-order chi connectivity index (χ1) is 13.9. The van der Waals surface area contributed by atoms with Crippen molar-refractivity contribution in [2.75, 3.05) is 24.0 Å². The van der Waals surface area contributed by atoms with Crippen molar-refractivity contribution in [3.8, 4) is 0 Å². The maximum Gasteiger partial charge on any atom is 0.229 e. The summed E-state index contributed by atoms with van der Waals surface area (Å²) in [7, 11) is 1.72. The fraction of sp³-hybridized carbons (Fsp3) is 0.190. The van der Waals surface area contributed by atoms with E-state index in [2.05, 4.69) is 85.3 Å². The number of anilines is 4. The molecule has 2 aromatic heterocycles. The molecule has 0 radical (unpaired) electrons. The van der Waals surface area contributed by atoms with Gasteiger partial charge in [-0.2, -0.15) is 10.1 Å². The van der Waals surface area contributed by atoms with E-state index in [0.717, 1.165) is 38.3 Å². The minimum absolute atomic E-state index is 0.233. The predicted molar refractivity (Wildman–Crippen MR) is 127 cm³/mol. The highest BCUT2D eigenvalue weighted by Gasteiger charge is 2.11. The Labute approximate surface area is 179 Å². The second-order valence-corrected chi connectivity index (χ2v) is 10.1. The number of hydrogen-bond acceptors (Lipinski definition) is 5. The molecule has 0 aliphatic rings. The maximum absolute atomic E-state index is 4.68. The molecule has 2 heterocycles. The Kier molecular flexibility index (Phi) is 5.52. The number of fused-ring (bicyclic) bond motifs is 1. The van der Waals surface area contributed by atoms with Gasteiger partial charge >= 0.3 is 0 Å². The topological polar surface area (TPSA) is 67.7 Å². The van der Waals surface area contributed by atoms with Gasteiger partial charge in [0.2, 0.25) is 5.95 Å². The lowest BCUT2D eigenvalue weighted by molar-refractivity contribution is 0.783. The number of aryl methyl sites for hydroxylation is 2. The van der Waals surface area contributed by atoms with Gasteiger partial charge in [-0.1, -0.05) is 26.1 Å². The van der Waals surface area contributed by atoms with Gasteiger partial charge in [-0.3, -0.25) is 4.68 Å². The summed E-state index contributed by atoms with van der Waals surface area (Å²) in [5, 5.41) is 13.7. The van der Waals surface area contributed by atoms with Gasteiger partial charge in [0.25, 0.3) is 0 Å². The van der Waals surface area contributed by atoms with Crippen LogP contribution >= 0.6 is 23.9 Å². The average Bonchev–Trinajstić information content (AvgIpc) is 2.98. The van der Waals surface area contributed by atoms with Gasteiger partial charge in [0.15, 0.2) is 0 Å². The highest BCUT2D eigenvalue weighted by molar-refractivity contribution is 9.10. The molecule has 6 nitrogen and oxygen atoms in total. The molecule has 4 aromatic rings. The van der Waals surface area contributed by atoms with Crippen LogP contribution in [-0.2, 0) is 7.05 Å². The zero-order valence-corrected chi connectivity index (χ0v) is 19.2. The molecular formula is C21H22BrN6P. The molecule has 29 heavy (non-hydrogen) atoms. The number of nitrogens with one attached hydrogen (secondary N) is 2. The summed E-state index contributed by atoms with van der Waals surface area (Å²) in [6, 6.07) is 14.5. The molecule has 0 aliphatic heterocycles. The largest absolute Gasteiger partial charge is 0.339 e. The zero-order valence-electron chi connectivity index (χ0n) is 16.7. The van der Waals surface area contributed by atoms with E-state index < -0.39 is 0 Å². The lowest BCUT2D eigenvalue weighted by Gasteiger charge is -2.15. The molecular weight excluding hydrogens is 447 g/mol. The predicted octanol–water partition coefficient (Wildman–Crippen LogP) is 5.29. The van der Waals surface area contributed by atoms with Crippen molar-refractivity contribution in [2.45, 2.75) is 6.92 Å². The fourth-order valence-corrected chi connectivity index (χ4v) is 4.54. The van der Waals surface area contributed by atoms with Gasteiger partial charge in [-0.05, 0) is 65.8 Å². The van der Waals surface area contributed by atoms with Gasteiger partial charge in [0.05, 0.1) is 15.7 Å². The Morgan fingerprint density at radius 1 is 1.07 bits per heavy atom. The molecule has 0 fully saturated rings. The molecule has 2 N–H and O–H groups in total. The Hall–Kier alpha value is -2.50. The lowest BCUT2D eigenvalue weighted by Crippen LogP contribution is -2.09. The minimum atomic E-state index is -0.233. The van der Waals surface area contributed by atoms with E-state index in [-0.39, 0.29) is 7.92 Å². The van der Waals surface area contributed by atoms with Crippen molar-refractivity contribution in [2.24, 2.45) is 7.05 Å². The van der Waals surface area contributed by atoms with E-state index in [9.17, 15) is 0 Å². The Morgan fingerprint density at radius 3 is 2.66 bits per heavy atom. The number of rotatable bonds is 5. The smallest absolute Gasteiger partial charge is 0.229 e. The van der Waals surface area contributed by atoms with E-state index in [1.54, 1.807) is 6.20 Å². The second kappa shape index (κ2) is 8.09. The van der Waals surface area contributed by atoms with Crippen LogP contribution in [0.1, 0.15) is 5.69 Å². The van der Waals surface area contributed by atoms with Crippen molar-refractivity contribution >= 4 is 63.2 Å². The molecule has 0 amide bonds. The monoisotopic (exact) mass is 468 g/mol. The van der Waals surface area contributed by atoms with Crippen LogP contribution in [0.15, 0.2) is 53.1 Å².